The molecule has 0 saturated carbocycles. The average Bonchev–Trinajstić information content (AvgIpc) is 3.01. The number of morpholine rings is 1. The lowest BCUT2D eigenvalue weighted by atomic mass is 9.96. The van der Waals surface area contributed by atoms with Crippen molar-refractivity contribution in [1.29, 1.82) is 0 Å². The van der Waals surface area contributed by atoms with E-state index >= 15 is 0 Å². The third kappa shape index (κ3) is 5.01. The van der Waals surface area contributed by atoms with Crippen LogP contribution in [0.2, 0.25) is 0 Å². The molecule has 1 N–H and O–H groups in total. The second-order valence-corrected chi connectivity index (χ2v) is 8.57. The zero-order valence-electron chi connectivity index (χ0n) is 17.1. The van der Waals surface area contributed by atoms with E-state index in [9.17, 15) is 9.59 Å². The minimum Gasteiger partial charge on any atom is -0.465 e. The summed E-state index contributed by atoms with van der Waals surface area (Å²) in [6, 6.07) is -0.180. The number of nitrogens with zero attached hydrogens (tertiary/aromatic N) is 3. The van der Waals surface area contributed by atoms with Crippen LogP contribution in [-0.4, -0.2) is 78.2 Å². The molecule has 0 aromatic carbocycles. The summed E-state index contributed by atoms with van der Waals surface area (Å²) in [4.78, 5) is 28.9. The molecule has 2 amide bonds. The lowest BCUT2D eigenvalue weighted by Crippen LogP contribution is -2.49. The molecule has 3 rings (SSSR count). The lowest BCUT2D eigenvalue weighted by molar-refractivity contribution is -0.0728. The Morgan fingerprint density at radius 1 is 1.25 bits per heavy atom. The monoisotopic (exact) mass is 410 g/mol. The highest BCUT2D eigenvalue weighted by molar-refractivity contribution is 7.11. The largest absolute Gasteiger partial charge is 0.465 e. The van der Waals surface area contributed by atoms with Gasteiger partial charge in [-0.05, 0) is 51.1 Å². The van der Waals surface area contributed by atoms with Crippen LogP contribution in [0.3, 0.4) is 0 Å². The minimum atomic E-state index is -0.478. The Morgan fingerprint density at radius 2 is 1.89 bits per heavy atom. The molecule has 0 bridgehead atoms. The van der Waals surface area contributed by atoms with E-state index in [1.165, 1.54) is 7.11 Å². The zero-order valence-corrected chi connectivity index (χ0v) is 17.9. The second-order valence-electron chi connectivity index (χ2n) is 7.80. The molecule has 0 radical (unpaired) electrons. The van der Waals surface area contributed by atoms with E-state index < -0.39 is 5.97 Å². The summed E-state index contributed by atoms with van der Waals surface area (Å²) in [6.45, 7) is 10.4. The third-order valence-corrected chi connectivity index (χ3v) is 6.24. The van der Waals surface area contributed by atoms with E-state index in [1.807, 2.05) is 4.90 Å². The van der Waals surface area contributed by atoms with Crippen molar-refractivity contribution in [2.24, 2.45) is 5.92 Å². The summed E-state index contributed by atoms with van der Waals surface area (Å²) in [5, 5.41) is 3.29. The number of aromatic nitrogens is 1. The first kappa shape index (κ1) is 21.0. The molecule has 0 aliphatic carbocycles. The van der Waals surface area contributed by atoms with E-state index in [2.05, 4.69) is 28.4 Å². The first-order valence-corrected chi connectivity index (χ1v) is 10.6. The Balaban J connectivity index is 1.50. The van der Waals surface area contributed by atoms with Gasteiger partial charge in [-0.15, -0.1) is 0 Å². The van der Waals surface area contributed by atoms with Crippen LogP contribution < -0.4 is 5.32 Å². The molecule has 2 atom stereocenters. The molecule has 8 nitrogen and oxygen atoms in total. The summed E-state index contributed by atoms with van der Waals surface area (Å²) in [5.74, 6) is 0.118. The summed E-state index contributed by atoms with van der Waals surface area (Å²) in [7, 11) is 1.33. The molecule has 156 valence electrons. The molecule has 1 aromatic heterocycles. The quantitative estimate of drug-likeness (QED) is 0.768. The number of esters is 1. The molecule has 1 aromatic rings. The summed E-state index contributed by atoms with van der Waals surface area (Å²) in [6.07, 6.45) is 2.53. The summed E-state index contributed by atoms with van der Waals surface area (Å²) < 4.78 is 14.8. The lowest BCUT2D eigenvalue weighted by Gasteiger charge is -2.39. The zero-order chi connectivity index (χ0) is 20.3. The van der Waals surface area contributed by atoms with Gasteiger partial charge in [0.25, 0.3) is 0 Å². The Morgan fingerprint density at radius 3 is 2.50 bits per heavy atom. The van der Waals surface area contributed by atoms with Gasteiger partial charge < -0.3 is 14.4 Å². The standard InChI is InChI=1S/C19H30N4O4S/c1-12-9-22(10-13(2)27-12)11-15-5-7-23(8-6-15)19(25)20-17-16(18(24)26-4)14(3)21-28-17/h12-13,15H,5-11H2,1-4H3,(H,20,25)/t12-,13-/m0/s1. The van der Waals surface area contributed by atoms with Gasteiger partial charge in [-0.2, -0.15) is 4.37 Å². The van der Waals surface area contributed by atoms with E-state index in [0.29, 0.717) is 22.2 Å². The van der Waals surface area contributed by atoms with Crippen LogP contribution in [0, 0.1) is 12.8 Å². The first-order chi connectivity index (χ1) is 13.4. The number of ether oxygens (including phenoxy) is 2. The molecule has 2 aliphatic rings. The number of methoxy groups -OCH3 is 1. The Bertz CT molecular complexity index is 692. The van der Waals surface area contributed by atoms with Crippen LogP contribution in [-0.2, 0) is 9.47 Å². The topological polar surface area (TPSA) is 84.0 Å². The van der Waals surface area contributed by atoms with Gasteiger partial charge in [0, 0.05) is 32.7 Å². The van der Waals surface area contributed by atoms with Gasteiger partial charge >= 0.3 is 12.0 Å². The molecule has 0 spiro atoms. The van der Waals surface area contributed by atoms with Gasteiger partial charge in [0.2, 0.25) is 0 Å². The van der Waals surface area contributed by atoms with Gasteiger partial charge in [-0.1, -0.05) is 0 Å². The van der Waals surface area contributed by atoms with E-state index in [-0.39, 0.29) is 18.2 Å². The Hall–Kier alpha value is -1.71. The molecular formula is C19H30N4O4S. The number of amides is 2. The molecule has 2 fully saturated rings. The number of aryl methyl sites for hydroxylation is 1. The number of carbonyl (C=O) groups excluding carboxylic acids is 2. The summed E-state index contributed by atoms with van der Waals surface area (Å²) in [5.41, 5.74) is 0.908. The van der Waals surface area contributed by atoms with Gasteiger partial charge in [-0.25, -0.2) is 9.59 Å². The van der Waals surface area contributed by atoms with E-state index in [1.54, 1.807) is 6.92 Å². The number of hydrogen-bond donors (Lipinski definition) is 1. The maximum absolute atomic E-state index is 12.6. The molecular weight excluding hydrogens is 380 g/mol. The highest BCUT2D eigenvalue weighted by Gasteiger charge is 2.29. The summed E-state index contributed by atoms with van der Waals surface area (Å²) >= 11 is 1.11. The fourth-order valence-corrected chi connectivity index (χ4v) is 4.87. The number of urea groups is 1. The second kappa shape index (κ2) is 9.19. The van der Waals surface area contributed by atoms with Crippen LogP contribution >= 0.6 is 11.5 Å². The number of hydrogen-bond acceptors (Lipinski definition) is 7. The smallest absolute Gasteiger partial charge is 0.342 e. The van der Waals surface area contributed by atoms with Crippen LogP contribution in [0.15, 0.2) is 0 Å². The van der Waals surface area contributed by atoms with Gasteiger partial charge in [-0.3, -0.25) is 10.2 Å². The van der Waals surface area contributed by atoms with Crippen molar-refractivity contribution in [3.05, 3.63) is 11.3 Å². The number of carbonyl (C=O) groups is 2. The predicted octanol–water partition coefficient (Wildman–Crippen LogP) is 2.59. The van der Waals surface area contributed by atoms with Crippen LogP contribution in [0.4, 0.5) is 9.80 Å². The highest BCUT2D eigenvalue weighted by atomic mass is 32.1. The average molecular weight is 411 g/mol. The highest BCUT2D eigenvalue weighted by Crippen LogP contribution is 2.27. The fourth-order valence-electron chi connectivity index (χ4n) is 4.09. The van der Waals surface area contributed by atoms with Crippen molar-refractivity contribution in [1.82, 2.24) is 14.2 Å². The van der Waals surface area contributed by atoms with Crippen molar-refractivity contribution in [2.45, 2.75) is 45.8 Å². The minimum absolute atomic E-state index is 0.180. The SMILES string of the molecule is COC(=O)c1c(C)nsc1NC(=O)N1CCC(CN2C[C@H](C)O[C@@H](C)C2)CC1. The normalized spacial score (nSPS) is 24.2. The molecule has 9 heteroatoms. The van der Waals surface area contributed by atoms with Crippen molar-refractivity contribution in [3.63, 3.8) is 0 Å². The maximum Gasteiger partial charge on any atom is 0.342 e. The maximum atomic E-state index is 12.6. The number of rotatable bonds is 4. The van der Waals surface area contributed by atoms with Crippen molar-refractivity contribution in [3.8, 4) is 0 Å². The Labute approximate surface area is 170 Å². The van der Waals surface area contributed by atoms with Gasteiger partial charge in [0.05, 0.1) is 25.0 Å². The molecule has 0 unspecified atom stereocenters. The number of likely N-dealkylation sites (tertiary alicyclic amines) is 1. The molecule has 2 aliphatic heterocycles. The van der Waals surface area contributed by atoms with Crippen LogP contribution in [0.5, 0.6) is 0 Å². The fraction of sp³-hybridized carbons (Fsp3) is 0.737. The predicted molar refractivity (Wildman–Crippen MR) is 108 cm³/mol. The van der Waals surface area contributed by atoms with E-state index in [0.717, 1.165) is 57.1 Å². The molecule has 2 saturated heterocycles. The third-order valence-electron chi connectivity index (χ3n) is 5.39. The van der Waals surface area contributed by atoms with Gasteiger partial charge in [0.15, 0.2) is 0 Å². The van der Waals surface area contributed by atoms with Gasteiger partial charge in [0.1, 0.15) is 10.6 Å². The van der Waals surface area contributed by atoms with E-state index in [4.69, 9.17) is 9.47 Å². The molecule has 28 heavy (non-hydrogen) atoms. The van der Waals surface area contributed by atoms with Crippen molar-refractivity contribution in [2.75, 3.05) is 45.2 Å². The van der Waals surface area contributed by atoms with Crippen molar-refractivity contribution < 1.29 is 19.1 Å². The van der Waals surface area contributed by atoms with Crippen LogP contribution in [0.25, 0.3) is 0 Å². The Kier molecular flexibility index (Phi) is 6.90. The number of piperidine rings is 1. The van der Waals surface area contributed by atoms with Crippen LogP contribution in [0.1, 0.15) is 42.7 Å². The number of nitrogens with one attached hydrogen (secondary N) is 1. The number of anilines is 1. The van der Waals surface area contributed by atoms with Crippen molar-refractivity contribution >= 4 is 28.5 Å². The molecule has 3 heterocycles. The first-order valence-electron chi connectivity index (χ1n) is 9.85.